The lowest BCUT2D eigenvalue weighted by Gasteiger charge is -2.33. The smallest absolute Gasteiger partial charge is 0.243 e. The fourth-order valence-corrected chi connectivity index (χ4v) is 2.12. The van der Waals surface area contributed by atoms with Crippen LogP contribution in [0.25, 0.3) is 0 Å². The summed E-state index contributed by atoms with van der Waals surface area (Å²) in [6.45, 7) is 2.26. The van der Waals surface area contributed by atoms with Crippen molar-refractivity contribution in [3.05, 3.63) is 29.8 Å². The third-order valence-corrected chi connectivity index (χ3v) is 2.92. The van der Waals surface area contributed by atoms with Crippen LogP contribution in [0.1, 0.15) is 23.7 Å². The molecular weight excluding hydrogens is 234 g/mol. The summed E-state index contributed by atoms with van der Waals surface area (Å²) in [6, 6.07) is 6.53. The number of carbonyl (C=O) groups excluding carboxylic acids is 3. The second-order valence-corrected chi connectivity index (χ2v) is 4.12. The number of anilines is 1. The first-order chi connectivity index (χ1) is 8.57. The molecule has 0 N–H and O–H groups in total. The van der Waals surface area contributed by atoms with Crippen LogP contribution >= 0.6 is 0 Å². The number of rotatable bonds is 3. The number of hydrogen-bond donors (Lipinski definition) is 0. The summed E-state index contributed by atoms with van der Waals surface area (Å²) in [5.41, 5.74) is 0.742. The largest absolute Gasteiger partial charge is 0.549 e. The molecule has 0 saturated carbocycles. The molecule has 2 rings (SSSR count). The number of carbonyl (C=O) groups is 3. The number of Topliss-reactive ketones (excluding diaryl/α,β-unsaturated/α-hetero) is 1. The van der Waals surface area contributed by atoms with Crippen LogP contribution in [0.2, 0.25) is 0 Å². The van der Waals surface area contributed by atoms with Crippen LogP contribution < -0.4 is 10.0 Å². The highest BCUT2D eigenvalue weighted by Gasteiger charge is 2.39. The normalized spacial score (nSPS) is 18.7. The summed E-state index contributed by atoms with van der Waals surface area (Å²) in [5.74, 6) is -4.75. The van der Waals surface area contributed by atoms with E-state index >= 15 is 0 Å². The number of benzene rings is 1. The maximum atomic E-state index is 12.0. The van der Waals surface area contributed by atoms with E-state index in [1.165, 1.54) is 11.0 Å². The minimum absolute atomic E-state index is 0.264. The second kappa shape index (κ2) is 4.60. The van der Waals surface area contributed by atoms with Gasteiger partial charge in [-0.1, -0.05) is 19.1 Å². The Balaban J connectivity index is 2.56. The lowest BCUT2D eigenvalue weighted by molar-refractivity contribution is -0.307. The first-order valence-electron chi connectivity index (χ1n) is 5.73. The van der Waals surface area contributed by atoms with Crippen LogP contribution in [-0.2, 0) is 9.59 Å². The minimum atomic E-state index is -1.72. The lowest BCUT2D eigenvalue weighted by atomic mass is 9.90. The molecule has 1 aliphatic heterocycles. The maximum absolute atomic E-state index is 12.0. The van der Waals surface area contributed by atoms with Gasteiger partial charge in [0.15, 0.2) is 5.78 Å². The topological polar surface area (TPSA) is 77.5 Å². The molecule has 0 bridgehead atoms. The zero-order valence-corrected chi connectivity index (χ0v) is 9.88. The fourth-order valence-electron chi connectivity index (χ4n) is 2.12. The van der Waals surface area contributed by atoms with Crippen molar-refractivity contribution in [1.82, 2.24) is 0 Å². The van der Waals surface area contributed by atoms with E-state index in [0.717, 1.165) is 0 Å². The van der Waals surface area contributed by atoms with Gasteiger partial charge in [0.1, 0.15) is 5.92 Å². The van der Waals surface area contributed by atoms with Gasteiger partial charge < -0.3 is 14.8 Å². The first-order valence-corrected chi connectivity index (χ1v) is 5.73. The Kier molecular flexibility index (Phi) is 3.14. The summed E-state index contributed by atoms with van der Waals surface area (Å²) in [4.78, 5) is 36.3. The Hall–Kier alpha value is -2.17. The Morgan fingerprint density at radius 2 is 2.00 bits per heavy atom. The zero-order chi connectivity index (χ0) is 13.3. The fraction of sp³-hybridized carbons (Fsp3) is 0.308. The molecule has 1 aliphatic rings. The van der Waals surface area contributed by atoms with E-state index in [-0.39, 0.29) is 5.56 Å². The molecule has 0 spiro atoms. The number of carboxylic acid groups (broad SMARTS) is 1. The molecule has 0 radical (unpaired) electrons. The highest BCUT2D eigenvalue weighted by Crippen LogP contribution is 2.30. The van der Waals surface area contributed by atoms with Crippen molar-refractivity contribution in [3.63, 3.8) is 0 Å². The predicted octanol–water partition coefficient (Wildman–Crippen LogP) is -0.00800. The van der Waals surface area contributed by atoms with Crippen molar-refractivity contribution < 1.29 is 19.5 Å². The molecule has 5 heteroatoms. The van der Waals surface area contributed by atoms with Gasteiger partial charge in [0.2, 0.25) is 5.91 Å². The van der Waals surface area contributed by atoms with E-state index < -0.39 is 23.6 Å². The van der Waals surface area contributed by atoms with Crippen LogP contribution in [-0.4, -0.2) is 24.2 Å². The number of carboxylic acids is 1. The van der Waals surface area contributed by atoms with Crippen molar-refractivity contribution in [2.75, 3.05) is 11.4 Å². The number of hydrogen-bond acceptors (Lipinski definition) is 4. The third kappa shape index (κ3) is 1.77. The molecular formula is C13H12NO4-. The molecule has 0 unspecified atom stereocenters. The molecule has 1 heterocycles. The monoisotopic (exact) mass is 246 g/mol. The molecule has 18 heavy (non-hydrogen) atoms. The van der Waals surface area contributed by atoms with Gasteiger partial charge in [0, 0.05) is 12.1 Å². The molecule has 0 aromatic heterocycles. The Morgan fingerprint density at radius 3 is 2.61 bits per heavy atom. The van der Waals surface area contributed by atoms with Crippen LogP contribution in [0.15, 0.2) is 24.3 Å². The van der Waals surface area contributed by atoms with Gasteiger partial charge in [0.05, 0.1) is 11.7 Å². The predicted molar refractivity (Wildman–Crippen MR) is 61.9 cm³/mol. The molecule has 94 valence electrons. The summed E-state index contributed by atoms with van der Waals surface area (Å²) in [5, 5.41) is 11.0. The summed E-state index contributed by atoms with van der Waals surface area (Å²) < 4.78 is 0. The third-order valence-electron chi connectivity index (χ3n) is 2.92. The van der Waals surface area contributed by atoms with Crippen LogP contribution in [0, 0.1) is 5.92 Å². The SMILES string of the molecule is CCCN1C(=O)[C@H](C(=O)[O-])C(=O)c2ccccc21. The van der Waals surface area contributed by atoms with E-state index in [9.17, 15) is 19.5 Å². The van der Waals surface area contributed by atoms with Crippen molar-refractivity contribution >= 4 is 23.3 Å². The minimum Gasteiger partial charge on any atom is -0.549 e. The van der Waals surface area contributed by atoms with E-state index in [0.29, 0.717) is 18.7 Å². The van der Waals surface area contributed by atoms with Gasteiger partial charge in [-0.3, -0.25) is 9.59 Å². The molecule has 1 atom stereocenters. The average molecular weight is 246 g/mol. The number of amides is 1. The van der Waals surface area contributed by atoms with E-state index in [1.54, 1.807) is 18.2 Å². The molecule has 1 aromatic carbocycles. The zero-order valence-electron chi connectivity index (χ0n) is 9.88. The number of para-hydroxylation sites is 1. The Bertz CT molecular complexity index is 523. The summed E-state index contributed by atoms with van der Waals surface area (Å²) >= 11 is 0. The first kappa shape index (κ1) is 12.3. The van der Waals surface area contributed by atoms with Gasteiger partial charge in [-0.25, -0.2) is 0 Å². The average Bonchev–Trinajstić information content (AvgIpc) is 2.34. The van der Waals surface area contributed by atoms with Crippen molar-refractivity contribution in [2.24, 2.45) is 5.92 Å². The van der Waals surface area contributed by atoms with Gasteiger partial charge in [-0.2, -0.15) is 0 Å². The highest BCUT2D eigenvalue weighted by atomic mass is 16.4. The number of aliphatic carboxylic acids is 1. The molecule has 1 amide bonds. The number of fused-ring (bicyclic) bond motifs is 1. The summed E-state index contributed by atoms with van der Waals surface area (Å²) in [6.07, 6.45) is 0.675. The number of nitrogens with zero attached hydrogens (tertiary/aromatic N) is 1. The van der Waals surface area contributed by atoms with Crippen LogP contribution in [0.3, 0.4) is 0 Å². The number of ketones is 1. The van der Waals surface area contributed by atoms with Crippen LogP contribution in [0.4, 0.5) is 5.69 Å². The van der Waals surface area contributed by atoms with Crippen molar-refractivity contribution in [2.45, 2.75) is 13.3 Å². The van der Waals surface area contributed by atoms with Gasteiger partial charge in [0.25, 0.3) is 0 Å². The standard InChI is InChI=1S/C13H13NO4/c1-2-7-14-9-6-4-3-5-8(9)11(15)10(12(14)16)13(17)18/h3-6,10H,2,7H2,1H3,(H,17,18)/p-1/t10-/m1/s1. The van der Waals surface area contributed by atoms with Gasteiger partial charge >= 0.3 is 0 Å². The van der Waals surface area contributed by atoms with Crippen molar-refractivity contribution in [1.29, 1.82) is 0 Å². The molecule has 0 saturated heterocycles. The van der Waals surface area contributed by atoms with Crippen molar-refractivity contribution in [3.8, 4) is 0 Å². The van der Waals surface area contributed by atoms with Gasteiger partial charge in [-0.15, -0.1) is 0 Å². The molecule has 0 aliphatic carbocycles. The quantitative estimate of drug-likeness (QED) is 0.703. The lowest BCUT2D eigenvalue weighted by Crippen LogP contribution is -2.52. The summed E-state index contributed by atoms with van der Waals surface area (Å²) in [7, 11) is 0. The van der Waals surface area contributed by atoms with E-state index in [1.807, 2.05) is 6.92 Å². The molecule has 0 fully saturated rings. The second-order valence-electron chi connectivity index (χ2n) is 4.12. The molecule has 1 aromatic rings. The van der Waals surface area contributed by atoms with E-state index in [4.69, 9.17) is 0 Å². The molecule has 5 nitrogen and oxygen atoms in total. The Labute approximate surface area is 104 Å². The Morgan fingerprint density at radius 1 is 1.33 bits per heavy atom. The van der Waals surface area contributed by atoms with Crippen LogP contribution in [0.5, 0.6) is 0 Å². The van der Waals surface area contributed by atoms with E-state index in [2.05, 4.69) is 0 Å². The van der Waals surface area contributed by atoms with Gasteiger partial charge in [-0.05, 0) is 18.6 Å². The highest BCUT2D eigenvalue weighted by molar-refractivity contribution is 6.29. The maximum Gasteiger partial charge on any atom is 0.243 e.